The second-order valence-electron chi connectivity index (χ2n) is 5.47. The lowest BCUT2D eigenvalue weighted by Gasteiger charge is -2.13. The summed E-state index contributed by atoms with van der Waals surface area (Å²) < 4.78 is 26.3. The Kier molecular flexibility index (Phi) is 5.82. The Hall–Kier alpha value is -2.67. The van der Waals surface area contributed by atoms with Crippen LogP contribution in [0, 0.1) is 11.3 Å². The van der Waals surface area contributed by atoms with E-state index in [-0.39, 0.29) is 16.1 Å². The monoisotopic (exact) mass is 394 g/mol. The number of halogens is 1. The lowest BCUT2D eigenvalue weighted by molar-refractivity contribution is -0.116. The lowest BCUT2D eigenvalue weighted by Crippen LogP contribution is -2.29. The van der Waals surface area contributed by atoms with Gasteiger partial charge < -0.3 is 9.88 Å². The average molecular weight is 395 g/mol. The molecule has 0 aliphatic heterocycles. The summed E-state index contributed by atoms with van der Waals surface area (Å²) >= 11 is 5.86. The summed E-state index contributed by atoms with van der Waals surface area (Å²) in [5.41, 5.74) is -0.126. The number of carbonyl (C=O) groups is 1. The molecule has 0 saturated heterocycles. The maximum atomic E-state index is 12.2. The fourth-order valence-corrected chi connectivity index (χ4v) is 3.15. The molecule has 0 unspecified atom stereocenters. The van der Waals surface area contributed by atoms with E-state index in [9.17, 15) is 18.0 Å². The summed E-state index contributed by atoms with van der Waals surface area (Å²) in [6, 6.07) is 8.54. The SMILES string of the molecule is CN(C)S(=O)(=O)c1ccc(=O)n(CC(=O)Nc2cc(Cl)ccc2C#N)c1. The second-order valence-corrected chi connectivity index (χ2v) is 8.06. The molecular formula is C16H15ClN4O4S. The number of pyridine rings is 1. The van der Waals surface area contributed by atoms with Gasteiger partial charge >= 0.3 is 0 Å². The van der Waals surface area contributed by atoms with Crippen LogP contribution in [0.1, 0.15) is 5.56 Å². The summed E-state index contributed by atoms with van der Waals surface area (Å²) in [7, 11) is -1.02. The molecule has 0 radical (unpaired) electrons. The number of nitriles is 1. The van der Waals surface area contributed by atoms with Gasteiger partial charge in [0.25, 0.3) is 5.56 Å². The van der Waals surface area contributed by atoms with Gasteiger partial charge in [0.1, 0.15) is 12.6 Å². The molecule has 0 spiro atoms. The molecule has 26 heavy (non-hydrogen) atoms. The molecular weight excluding hydrogens is 380 g/mol. The number of nitrogens with one attached hydrogen (secondary N) is 1. The molecule has 1 amide bonds. The first-order valence-corrected chi connectivity index (χ1v) is 9.09. The number of sulfonamides is 1. The number of hydrogen-bond donors (Lipinski definition) is 1. The molecule has 2 aromatic rings. The minimum atomic E-state index is -3.75. The standard InChI is InChI=1S/C16H15ClN4O4S/c1-20(2)26(24,25)13-5-6-16(23)21(9-13)10-15(22)19-14-7-12(17)4-3-11(14)8-18/h3-7,9H,10H2,1-2H3,(H,19,22). The zero-order valence-corrected chi connectivity index (χ0v) is 15.5. The molecule has 0 atom stereocenters. The van der Waals surface area contributed by atoms with Crippen LogP contribution in [-0.4, -0.2) is 37.3 Å². The molecule has 1 aromatic carbocycles. The maximum Gasteiger partial charge on any atom is 0.251 e. The van der Waals surface area contributed by atoms with Gasteiger partial charge in [0.15, 0.2) is 0 Å². The number of carbonyl (C=O) groups excluding carboxylic acids is 1. The van der Waals surface area contributed by atoms with Crippen molar-refractivity contribution in [3.8, 4) is 6.07 Å². The third-order valence-electron chi connectivity index (χ3n) is 3.43. The molecule has 0 fully saturated rings. The van der Waals surface area contributed by atoms with Crippen LogP contribution in [-0.2, 0) is 21.4 Å². The third kappa shape index (κ3) is 4.29. The van der Waals surface area contributed by atoms with Crippen LogP contribution >= 0.6 is 11.6 Å². The summed E-state index contributed by atoms with van der Waals surface area (Å²) in [6.07, 6.45) is 1.10. The average Bonchev–Trinajstić information content (AvgIpc) is 2.56. The zero-order chi connectivity index (χ0) is 19.5. The van der Waals surface area contributed by atoms with Crippen LogP contribution < -0.4 is 10.9 Å². The van der Waals surface area contributed by atoms with Crippen molar-refractivity contribution >= 4 is 33.2 Å². The fraction of sp³-hybridized carbons (Fsp3) is 0.188. The Morgan fingerprint density at radius 1 is 1.31 bits per heavy atom. The van der Waals surface area contributed by atoms with E-state index in [2.05, 4.69) is 5.32 Å². The Morgan fingerprint density at radius 2 is 2.00 bits per heavy atom. The molecule has 8 nitrogen and oxygen atoms in total. The summed E-state index contributed by atoms with van der Waals surface area (Å²) in [5.74, 6) is -0.606. The van der Waals surface area contributed by atoms with E-state index in [0.29, 0.717) is 5.02 Å². The number of hydrogen-bond acceptors (Lipinski definition) is 5. The number of anilines is 1. The highest BCUT2D eigenvalue weighted by Crippen LogP contribution is 2.20. The van der Waals surface area contributed by atoms with E-state index in [1.54, 1.807) is 0 Å². The van der Waals surface area contributed by atoms with Gasteiger partial charge in [-0.2, -0.15) is 5.26 Å². The number of benzene rings is 1. The quantitative estimate of drug-likeness (QED) is 0.820. The molecule has 1 aromatic heterocycles. The second kappa shape index (κ2) is 7.70. The van der Waals surface area contributed by atoms with Crippen LogP contribution in [0.25, 0.3) is 0 Å². The predicted molar refractivity (Wildman–Crippen MR) is 96.4 cm³/mol. The van der Waals surface area contributed by atoms with E-state index < -0.39 is 28.0 Å². The van der Waals surface area contributed by atoms with Crippen molar-refractivity contribution < 1.29 is 13.2 Å². The summed E-state index contributed by atoms with van der Waals surface area (Å²) in [5, 5.41) is 11.9. The van der Waals surface area contributed by atoms with Crippen molar-refractivity contribution in [2.75, 3.05) is 19.4 Å². The van der Waals surface area contributed by atoms with E-state index in [0.717, 1.165) is 21.1 Å². The van der Waals surface area contributed by atoms with Crippen LogP contribution in [0.2, 0.25) is 5.02 Å². The first-order valence-electron chi connectivity index (χ1n) is 7.27. The van der Waals surface area contributed by atoms with E-state index >= 15 is 0 Å². The topological polar surface area (TPSA) is 112 Å². The first-order chi connectivity index (χ1) is 12.1. The van der Waals surface area contributed by atoms with E-state index in [1.165, 1.54) is 38.4 Å². The van der Waals surface area contributed by atoms with Crippen molar-refractivity contribution in [3.63, 3.8) is 0 Å². The predicted octanol–water partition coefficient (Wildman–Crippen LogP) is 1.26. The highest BCUT2D eigenvalue weighted by Gasteiger charge is 2.19. The molecule has 0 saturated carbocycles. The Bertz CT molecular complexity index is 1050. The minimum Gasteiger partial charge on any atom is -0.323 e. The highest BCUT2D eigenvalue weighted by atomic mass is 35.5. The molecule has 1 heterocycles. The smallest absolute Gasteiger partial charge is 0.251 e. The number of aromatic nitrogens is 1. The van der Waals surface area contributed by atoms with Crippen molar-refractivity contribution in [3.05, 3.63) is 57.5 Å². The van der Waals surface area contributed by atoms with E-state index in [4.69, 9.17) is 16.9 Å². The summed E-state index contributed by atoms with van der Waals surface area (Å²) in [6.45, 7) is -0.424. The Morgan fingerprint density at radius 3 is 2.62 bits per heavy atom. The Balaban J connectivity index is 2.29. The van der Waals surface area contributed by atoms with Gasteiger partial charge in [-0.25, -0.2) is 12.7 Å². The molecule has 0 bridgehead atoms. The molecule has 10 heteroatoms. The van der Waals surface area contributed by atoms with Gasteiger partial charge in [0, 0.05) is 31.4 Å². The fourth-order valence-electron chi connectivity index (χ4n) is 2.06. The van der Waals surface area contributed by atoms with Gasteiger partial charge in [-0.05, 0) is 24.3 Å². The molecule has 1 N–H and O–H groups in total. The molecule has 0 aliphatic carbocycles. The van der Waals surface area contributed by atoms with Crippen molar-refractivity contribution in [2.24, 2.45) is 0 Å². The van der Waals surface area contributed by atoms with Gasteiger partial charge in [-0.1, -0.05) is 11.6 Å². The largest absolute Gasteiger partial charge is 0.323 e. The summed E-state index contributed by atoms with van der Waals surface area (Å²) in [4.78, 5) is 24.0. The third-order valence-corrected chi connectivity index (χ3v) is 5.46. The van der Waals surface area contributed by atoms with Crippen LogP contribution in [0.15, 0.2) is 46.2 Å². The Labute approximate surface area is 155 Å². The zero-order valence-electron chi connectivity index (χ0n) is 13.9. The number of rotatable bonds is 5. The van der Waals surface area contributed by atoms with Gasteiger partial charge in [-0.15, -0.1) is 0 Å². The minimum absolute atomic E-state index is 0.115. The molecule has 136 valence electrons. The molecule has 2 rings (SSSR count). The first kappa shape index (κ1) is 19.7. The van der Waals surface area contributed by atoms with Gasteiger partial charge in [-0.3, -0.25) is 9.59 Å². The number of amides is 1. The van der Waals surface area contributed by atoms with Crippen LogP contribution in [0.5, 0.6) is 0 Å². The van der Waals surface area contributed by atoms with Crippen molar-refractivity contribution in [1.82, 2.24) is 8.87 Å². The normalized spacial score (nSPS) is 11.2. The van der Waals surface area contributed by atoms with E-state index in [1.807, 2.05) is 6.07 Å². The number of nitrogens with zero attached hydrogens (tertiary/aromatic N) is 3. The van der Waals surface area contributed by atoms with Gasteiger partial charge in [0.05, 0.1) is 16.1 Å². The lowest BCUT2D eigenvalue weighted by atomic mass is 10.2. The van der Waals surface area contributed by atoms with Crippen molar-refractivity contribution in [2.45, 2.75) is 11.4 Å². The maximum absolute atomic E-state index is 12.2. The molecule has 0 aliphatic rings. The highest BCUT2D eigenvalue weighted by molar-refractivity contribution is 7.89. The van der Waals surface area contributed by atoms with Gasteiger partial charge in [0.2, 0.25) is 15.9 Å². The van der Waals surface area contributed by atoms with Crippen molar-refractivity contribution in [1.29, 1.82) is 5.26 Å². The van der Waals surface area contributed by atoms with Crippen LogP contribution in [0.4, 0.5) is 5.69 Å². The van der Waals surface area contributed by atoms with Crippen LogP contribution in [0.3, 0.4) is 0 Å².